The van der Waals surface area contributed by atoms with Gasteiger partial charge in [0.25, 0.3) is 0 Å². The third-order valence-corrected chi connectivity index (χ3v) is 4.57. The Morgan fingerprint density at radius 2 is 2.28 bits per heavy atom. The van der Waals surface area contributed by atoms with Crippen LogP contribution in [0.4, 0.5) is 0 Å². The summed E-state index contributed by atoms with van der Waals surface area (Å²) in [7, 11) is 0. The minimum Gasteiger partial charge on any atom is -0.331 e. The first-order valence-corrected chi connectivity index (χ1v) is 7.33. The van der Waals surface area contributed by atoms with Crippen LogP contribution < -0.4 is 5.32 Å². The van der Waals surface area contributed by atoms with Crippen molar-refractivity contribution in [3.63, 3.8) is 0 Å². The molecule has 0 spiro atoms. The summed E-state index contributed by atoms with van der Waals surface area (Å²) in [6.45, 7) is 6.24. The predicted octanol–water partition coefficient (Wildman–Crippen LogP) is 2.86. The lowest BCUT2D eigenvalue weighted by Gasteiger charge is -2.03. The molecule has 0 amide bonds. The zero-order valence-corrected chi connectivity index (χ0v) is 11.8. The minimum absolute atomic E-state index is 0.784. The van der Waals surface area contributed by atoms with Crippen LogP contribution in [0, 0.1) is 13.8 Å². The van der Waals surface area contributed by atoms with Gasteiger partial charge in [0, 0.05) is 41.3 Å². The number of hydrogen-bond acceptors (Lipinski definition) is 3. The topological polar surface area (TPSA) is 29.9 Å². The van der Waals surface area contributed by atoms with Crippen LogP contribution in [-0.4, -0.2) is 15.6 Å². The Labute approximate surface area is 112 Å². The number of aromatic nitrogens is 2. The summed E-state index contributed by atoms with van der Waals surface area (Å²) in [4.78, 5) is 7.15. The molecule has 0 aliphatic heterocycles. The fourth-order valence-electron chi connectivity index (χ4n) is 2.12. The molecule has 2 aromatic rings. The number of nitrogens with one attached hydrogen (secondary N) is 1. The van der Waals surface area contributed by atoms with Crippen molar-refractivity contribution in [2.24, 2.45) is 0 Å². The highest BCUT2D eigenvalue weighted by Crippen LogP contribution is 2.25. The lowest BCUT2D eigenvalue weighted by molar-refractivity contribution is 0.694. The lowest BCUT2D eigenvalue weighted by atomic mass is 10.2. The van der Waals surface area contributed by atoms with Crippen LogP contribution in [0.1, 0.15) is 34.0 Å². The van der Waals surface area contributed by atoms with E-state index in [9.17, 15) is 0 Å². The predicted molar refractivity (Wildman–Crippen MR) is 75.0 cm³/mol. The van der Waals surface area contributed by atoms with Gasteiger partial charge in [-0.2, -0.15) is 0 Å². The Morgan fingerprint density at radius 1 is 1.44 bits per heavy atom. The Hall–Kier alpha value is -1.13. The molecule has 2 heterocycles. The van der Waals surface area contributed by atoms with Gasteiger partial charge in [0.15, 0.2) is 0 Å². The molecule has 1 saturated carbocycles. The Morgan fingerprint density at radius 3 is 2.94 bits per heavy atom. The second-order valence-electron chi connectivity index (χ2n) is 5.05. The monoisotopic (exact) mass is 261 g/mol. The van der Waals surface area contributed by atoms with Gasteiger partial charge in [-0.1, -0.05) is 0 Å². The molecule has 96 valence electrons. The van der Waals surface area contributed by atoms with E-state index in [0.29, 0.717) is 0 Å². The normalized spacial score (nSPS) is 15.2. The molecule has 0 saturated heterocycles. The Bertz CT molecular complexity index is 537. The number of nitrogens with zero attached hydrogens (tertiary/aromatic N) is 2. The van der Waals surface area contributed by atoms with E-state index in [1.54, 1.807) is 0 Å². The highest BCUT2D eigenvalue weighted by atomic mass is 32.1. The first-order chi connectivity index (χ1) is 8.72. The van der Waals surface area contributed by atoms with E-state index in [2.05, 4.69) is 41.0 Å². The van der Waals surface area contributed by atoms with Gasteiger partial charge in [0.2, 0.25) is 0 Å². The van der Waals surface area contributed by atoms with E-state index in [-0.39, 0.29) is 0 Å². The van der Waals surface area contributed by atoms with Gasteiger partial charge in [-0.3, -0.25) is 0 Å². The first kappa shape index (κ1) is 11.9. The summed E-state index contributed by atoms with van der Waals surface area (Å²) >= 11 is 1.92. The number of thiophene rings is 1. The van der Waals surface area contributed by atoms with Gasteiger partial charge in [-0.05, 0) is 38.3 Å². The molecule has 0 radical (unpaired) electrons. The molecule has 1 aliphatic carbocycles. The molecular weight excluding hydrogens is 242 g/mol. The van der Waals surface area contributed by atoms with Crippen LogP contribution in [-0.2, 0) is 13.1 Å². The number of imidazole rings is 1. The number of rotatable bonds is 5. The SMILES string of the molecule is Cc1sc(CNC2CC2)cc1Cn1ccnc1C. The third kappa shape index (κ3) is 2.65. The van der Waals surface area contributed by atoms with E-state index in [1.807, 2.05) is 17.5 Å². The van der Waals surface area contributed by atoms with Gasteiger partial charge >= 0.3 is 0 Å². The highest BCUT2D eigenvalue weighted by Gasteiger charge is 2.20. The molecule has 2 aromatic heterocycles. The average molecular weight is 261 g/mol. The maximum atomic E-state index is 4.27. The molecule has 1 fully saturated rings. The van der Waals surface area contributed by atoms with E-state index < -0.39 is 0 Å². The molecule has 0 atom stereocenters. The maximum absolute atomic E-state index is 4.27. The van der Waals surface area contributed by atoms with Gasteiger partial charge in [-0.15, -0.1) is 11.3 Å². The number of aryl methyl sites for hydroxylation is 2. The van der Waals surface area contributed by atoms with Crippen LogP contribution in [0.5, 0.6) is 0 Å². The molecule has 3 rings (SSSR count). The molecule has 0 bridgehead atoms. The molecule has 0 aromatic carbocycles. The van der Waals surface area contributed by atoms with Crippen LogP contribution in [0.2, 0.25) is 0 Å². The van der Waals surface area contributed by atoms with E-state index in [0.717, 1.165) is 25.0 Å². The summed E-state index contributed by atoms with van der Waals surface area (Å²) in [5, 5.41) is 3.57. The molecule has 18 heavy (non-hydrogen) atoms. The van der Waals surface area contributed by atoms with Gasteiger partial charge < -0.3 is 9.88 Å². The van der Waals surface area contributed by atoms with E-state index in [1.165, 1.54) is 28.2 Å². The minimum atomic E-state index is 0.784. The van der Waals surface area contributed by atoms with Gasteiger partial charge in [-0.25, -0.2) is 4.98 Å². The fraction of sp³-hybridized carbons (Fsp3) is 0.500. The lowest BCUT2D eigenvalue weighted by Crippen LogP contribution is -2.14. The van der Waals surface area contributed by atoms with E-state index >= 15 is 0 Å². The third-order valence-electron chi connectivity index (χ3n) is 3.48. The van der Waals surface area contributed by atoms with Crippen LogP contribution >= 0.6 is 11.3 Å². The quantitative estimate of drug-likeness (QED) is 0.897. The van der Waals surface area contributed by atoms with Crippen LogP contribution in [0.25, 0.3) is 0 Å². The van der Waals surface area contributed by atoms with Gasteiger partial charge in [0.05, 0.1) is 0 Å². The average Bonchev–Trinajstić information content (AvgIpc) is 3.00. The Kier molecular flexibility index (Phi) is 3.22. The van der Waals surface area contributed by atoms with Crippen molar-refractivity contribution in [2.75, 3.05) is 0 Å². The molecule has 3 nitrogen and oxygen atoms in total. The van der Waals surface area contributed by atoms with Crippen molar-refractivity contribution >= 4 is 11.3 Å². The van der Waals surface area contributed by atoms with Crippen molar-refractivity contribution < 1.29 is 0 Å². The maximum Gasteiger partial charge on any atom is 0.105 e. The van der Waals surface area contributed by atoms with Crippen molar-refractivity contribution in [3.05, 3.63) is 39.6 Å². The van der Waals surface area contributed by atoms with Crippen molar-refractivity contribution in [3.8, 4) is 0 Å². The molecule has 4 heteroatoms. The molecule has 1 aliphatic rings. The second kappa shape index (κ2) is 4.86. The standard InChI is InChI=1S/C14H19N3S/c1-10-12(9-17-6-5-15-11(17)2)7-14(18-10)8-16-13-3-4-13/h5-7,13,16H,3-4,8-9H2,1-2H3. The van der Waals surface area contributed by atoms with Crippen molar-refractivity contribution in [2.45, 2.75) is 45.8 Å². The molecular formula is C14H19N3S. The summed E-state index contributed by atoms with van der Waals surface area (Å²) in [6, 6.07) is 3.13. The zero-order chi connectivity index (χ0) is 12.5. The smallest absolute Gasteiger partial charge is 0.105 e. The van der Waals surface area contributed by atoms with Gasteiger partial charge in [0.1, 0.15) is 5.82 Å². The Balaban J connectivity index is 1.69. The summed E-state index contributed by atoms with van der Waals surface area (Å²) in [5.41, 5.74) is 1.42. The first-order valence-electron chi connectivity index (χ1n) is 6.51. The number of hydrogen-bond donors (Lipinski definition) is 1. The molecule has 1 N–H and O–H groups in total. The largest absolute Gasteiger partial charge is 0.331 e. The van der Waals surface area contributed by atoms with Crippen LogP contribution in [0.15, 0.2) is 18.5 Å². The van der Waals surface area contributed by atoms with Crippen LogP contribution in [0.3, 0.4) is 0 Å². The second-order valence-corrected chi connectivity index (χ2v) is 6.39. The summed E-state index contributed by atoms with van der Waals surface area (Å²) < 4.78 is 2.20. The summed E-state index contributed by atoms with van der Waals surface area (Å²) in [5.74, 6) is 1.08. The fourth-order valence-corrected chi connectivity index (χ4v) is 3.12. The van der Waals surface area contributed by atoms with E-state index in [4.69, 9.17) is 0 Å². The van der Waals surface area contributed by atoms with Crippen molar-refractivity contribution in [1.29, 1.82) is 0 Å². The zero-order valence-electron chi connectivity index (χ0n) is 10.9. The highest BCUT2D eigenvalue weighted by molar-refractivity contribution is 7.12. The summed E-state index contributed by atoms with van der Waals surface area (Å²) in [6.07, 6.45) is 6.62. The van der Waals surface area contributed by atoms with Crippen molar-refractivity contribution in [1.82, 2.24) is 14.9 Å². The molecule has 0 unspecified atom stereocenters.